The van der Waals surface area contributed by atoms with Gasteiger partial charge in [0.2, 0.25) is 5.91 Å². The number of aliphatic hydroxyl groups excluding tert-OH is 7. The molecular weight excluding hydrogens is 1140 g/mol. The van der Waals surface area contributed by atoms with Gasteiger partial charge in [-0.15, -0.1) is 0 Å². The Labute approximate surface area is 416 Å². The average molecular weight is 1200 g/mol. The second-order valence-corrected chi connectivity index (χ2v) is 20.7. The number of aliphatic hydroxyl groups is 7. The van der Waals surface area contributed by atoms with E-state index in [2.05, 4.69) is 16.7 Å². The summed E-state index contributed by atoms with van der Waals surface area (Å²) in [6.45, 7) is 0.0105. The van der Waals surface area contributed by atoms with Crippen molar-refractivity contribution in [3.63, 3.8) is 0 Å². The number of ether oxygens (including phenoxy) is 7. The van der Waals surface area contributed by atoms with Crippen LogP contribution in [0.15, 0.2) is 0 Å². The molecule has 4 heterocycles. The van der Waals surface area contributed by atoms with Crippen LogP contribution in [0.3, 0.4) is 0 Å². The fourth-order valence-corrected chi connectivity index (χ4v) is 9.43. The Hall–Kier alpha value is -2.80. The molecule has 4 rings (SSSR count). The Balaban J connectivity index is 0.00000348. The first kappa shape index (κ1) is 65.5. The molecule has 1 amide bonds. The number of nitrogens with one attached hydrogen (secondary N) is 2. The van der Waals surface area contributed by atoms with Crippen LogP contribution in [0.1, 0.15) is 20.3 Å². The maximum atomic E-state index is 12.7. The molecule has 0 aromatic carbocycles. The lowest BCUT2D eigenvalue weighted by Gasteiger charge is -2.50. The van der Waals surface area contributed by atoms with Gasteiger partial charge in [0.05, 0.1) is 13.2 Å². The third-order valence-corrected chi connectivity index (χ3v) is 12.3. The zero-order valence-electron chi connectivity index (χ0n) is 37.0. The molecule has 0 radical (unpaired) electrons. The van der Waals surface area contributed by atoms with Crippen molar-refractivity contribution in [3.8, 4) is 0 Å². The standard InChI is InChI=1S/C26H42N2O37S5.C3H8O/c1-4(30)27-7-9(31)13(6(56-23(7)39)3-55-67(43,44)45)58-26-19(65-70(52,53)54)12(34)16(20(62-26)22(37)38)60-24-8(28-66(40,41)42)15(63-68(46,47)48)14(5(2-29)57-24)59-25-18(64-69(49,50)51)11(33)10(32)17(61-25)21(35)36;1-2-3-4/h5-20,23-26,28-29,31-34,39H,2-3H2,1H3,(H,27,30)(H,35,36)(H,37,38)(H,40,41,42)(H,43,44,45)(H,46,47,48)(H,49,50,51)(H,52,53,54);4H,2-3H2,1H3/t5-,6+,7-,8-,9-,10-,11-,12+,13-,14-,15-,16+,17-,18+,19-,20+,23-,24+,25+,26-;/m1./s1. The van der Waals surface area contributed by atoms with Crippen molar-refractivity contribution in [2.75, 3.05) is 19.8 Å². The fraction of sp³-hybridized carbons (Fsp3) is 0.897. The zero-order chi connectivity index (χ0) is 56.8. The van der Waals surface area contributed by atoms with Gasteiger partial charge in [0.15, 0.2) is 49.6 Å². The molecule has 0 unspecified atom stereocenters. The fourth-order valence-electron chi connectivity index (χ4n) is 7.05. The molecule has 0 saturated carbocycles. The Morgan fingerprint density at radius 3 is 1.42 bits per heavy atom. The highest BCUT2D eigenvalue weighted by Crippen LogP contribution is 2.37. The van der Waals surface area contributed by atoms with Crippen molar-refractivity contribution in [1.29, 1.82) is 0 Å². The van der Waals surface area contributed by atoms with E-state index in [1.165, 1.54) is 4.72 Å². The molecule has 40 nitrogen and oxygen atoms in total. The molecule has 0 bridgehead atoms. The van der Waals surface area contributed by atoms with Crippen LogP contribution in [0.2, 0.25) is 0 Å². The highest BCUT2D eigenvalue weighted by molar-refractivity contribution is 7.83. The van der Waals surface area contributed by atoms with Gasteiger partial charge in [0.1, 0.15) is 73.1 Å². The number of carboxylic acid groups (broad SMARTS) is 2. The number of amides is 1. The predicted molar refractivity (Wildman–Crippen MR) is 218 cm³/mol. The summed E-state index contributed by atoms with van der Waals surface area (Å²) >= 11 is 0. The molecule has 434 valence electrons. The first-order valence-electron chi connectivity index (χ1n) is 20.0. The SMILES string of the molecule is CC(=O)N[C@@H]1[C@@H](O)[C@H](O[C@@H]2O[C@H](C(=O)O)[C@@H](O[C@@H]3O[C@H](CO)[C@@H](O[C@H]4O[C@@H](C(=O)O)[C@H](O)[C@@H](O)[C@@H]4OS(=O)(=O)O)[C@H](OS(=O)(=O)O)[C@H]3NS(=O)(=O)O)[C@H](O)[C@H]2OS(=O)(=O)O)[C@H](COS(=O)(=O)O)O[C@H]1O.CCCO. The van der Waals surface area contributed by atoms with E-state index in [1.807, 2.05) is 12.2 Å². The minimum absolute atomic E-state index is 0.319. The second kappa shape index (κ2) is 26.2. The number of hydrogen-bond donors (Lipinski definition) is 16. The number of rotatable bonds is 22. The lowest BCUT2D eigenvalue weighted by atomic mass is 9.94. The first-order valence-corrected chi connectivity index (χ1v) is 26.9. The van der Waals surface area contributed by atoms with E-state index in [9.17, 15) is 116 Å². The van der Waals surface area contributed by atoms with Gasteiger partial charge in [-0.05, 0) is 6.42 Å². The Kier molecular flexibility index (Phi) is 23.2. The number of carboxylic acids is 2. The van der Waals surface area contributed by atoms with E-state index >= 15 is 0 Å². The summed E-state index contributed by atoms with van der Waals surface area (Å²) in [5, 5.41) is 93.9. The summed E-state index contributed by atoms with van der Waals surface area (Å²) in [4.78, 5) is 36.4. The van der Waals surface area contributed by atoms with Gasteiger partial charge in [0, 0.05) is 13.5 Å². The summed E-state index contributed by atoms with van der Waals surface area (Å²) in [6.07, 6.45) is -48.2. The summed E-state index contributed by atoms with van der Waals surface area (Å²) in [6, 6.07) is -4.96. The van der Waals surface area contributed by atoms with Gasteiger partial charge in [0.25, 0.3) is 0 Å². The predicted octanol–water partition coefficient (Wildman–Crippen LogP) is -10.3. The number of carbonyl (C=O) groups excluding carboxylic acids is 1. The number of carbonyl (C=O) groups is 3. The van der Waals surface area contributed by atoms with E-state index in [0.717, 1.165) is 13.3 Å². The van der Waals surface area contributed by atoms with E-state index < -0.39 is 206 Å². The van der Waals surface area contributed by atoms with Crippen molar-refractivity contribution < 1.29 is 175 Å². The van der Waals surface area contributed by atoms with Crippen LogP contribution in [-0.2, 0) is 116 Å². The van der Waals surface area contributed by atoms with Crippen molar-refractivity contribution in [1.82, 2.24) is 10.0 Å². The molecule has 20 atom stereocenters. The van der Waals surface area contributed by atoms with E-state index in [0.29, 0.717) is 6.61 Å². The third kappa shape index (κ3) is 19.0. The molecule has 0 spiro atoms. The van der Waals surface area contributed by atoms with Gasteiger partial charge < -0.3 is 84.4 Å². The van der Waals surface area contributed by atoms with Crippen molar-refractivity contribution in [2.45, 2.75) is 143 Å². The Morgan fingerprint density at radius 2 is 0.986 bits per heavy atom. The van der Waals surface area contributed by atoms with Crippen LogP contribution in [0.5, 0.6) is 0 Å². The minimum atomic E-state index is -6.09. The van der Waals surface area contributed by atoms with E-state index in [4.69, 9.17) is 42.8 Å². The lowest BCUT2D eigenvalue weighted by Crippen LogP contribution is -2.71. The van der Waals surface area contributed by atoms with Crippen LogP contribution in [0, 0.1) is 0 Å². The molecule has 0 aromatic rings. The summed E-state index contributed by atoms with van der Waals surface area (Å²) < 4.78 is 222. The molecule has 4 saturated heterocycles. The molecule has 4 aliphatic heterocycles. The normalized spacial score (nSPS) is 37.5. The quantitative estimate of drug-likeness (QED) is 0.0448. The molecule has 4 fully saturated rings. The van der Waals surface area contributed by atoms with Crippen molar-refractivity contribution in [3.05, 3.63) is 0 Å². The lowest BCUT2D eigenvalue weighted by molar-refractivity contribution is -0.366. The molecule has 0 aromatic heterocycles. The zero-order valence-corrected chi connectivity index (χ0v) is 41.1. The van der Waals surface area contributed by atoms with E-state index in [1.54, 1.807) is 0 Å². The molecule has 0 aliphatic carbocycles. The van der Waals surface area contributed by atoms with Gasteiger partial charge in [-0.2, -0.15) is 46.8 Å². The maximum Gasteiger partial charge on any atom is 0.397 e. The second-order valence-electron chi connectivity index (χ2n) is 15.3. The summed E-state index contributed by atoms with van der Waals surface area (Å²) in [5.41, 5.74) is 0. The Morgan fingerprint density at radius 1 is 0.527 bits per heavy atom. The van der Waals surface area contributed by atoms with Crippen molar-refractivity contribution >= 4 is 69.7 Å². The molecular formula is C29H50N2O38S5. The monoisotopic (exact) mass is 1190 g/mol. The molecule has 4 aliphatic rings. The third-order valence-electron chi connectivity index (χ3n) is 9.90. The van der Waals surface area contributed by atoms with Gasteiger partial charge in [-0.1, -0.05) is 6.92 Å². The van der Waals surface area contributed by atoms with Gasteiger partial charge in [-0.3, -0.25) is 27.6 Å². The number of hydrogen-bond acceptors (Lipinski definition) is 31. The smallest absolute Gasteiger partial charge is 0.397 e. The molecule has 16 N–H and O–H groups in total. The summed E-state index contributed by atoms with van der Waals surface area (Å²) in [5.74, 6) is -5.49. The number of aliphatic carboxylic acids is 2. The van der Waals surface area contributed by atoms with E-state index in [-0.39, 0.29) is 0 Å². The minimum Gasteiger partial charge on any atom is -0.479 e. The van der Waals surface area contributed by atoms with Crippen LogP contribution in [-0.4, -0.2) is 271 Å². The molecule has 45 heteroatoms. The van der Waals surface area contributed by atoms with Gasteiger partial charge >= 0.3 is 63.8 Å². The van der Waals surface area contributed by atoms with Crippen LogP contribution in [0.25, 0.3) is 0 Å². The highest BCUT2D eigenvalue weighted by Gasteiger charge is 2.60. The average Bonchev–Trinajstić information content (AvgIpc) is 3.23. The Bertz CT molecular complexity index is 2480. The van der Waals surface area contributed by atoms with Crippen LogP contribution in [0.4, 0.5) is 0 Å². The molecule has 74 heavy (non-hydrogen) atoms. The van der Waals surface area contributed by atoms with Crippen LogP contribution < -0.4 is 10.0 Å². The topological polar surface area (TPSA) is 631 Å². The first-order chi connectivity index (χ1) is 33.7. The summed E-state index contributed by atoms with van der Waals surface area (Å²) in [7, 11) is -29.1. The maximum absolute atomic E-state index is 12.7. The van der Waals surface area contributed by atoms with Crippen LogP contribution >= 0.6 is 0 Å². The van der Waals surface area contributed by atoms with Crippen molar-refractivity contribution in [2.24, 2.45) is 0 Å². The highest BCUT2D eigenvalue weighted by atomic mass is 32.3. The van der Waals surface area contributed by atoms with Gasteiger partial charge in [-0.25, -0.2) is 26.3 Å². The largest absolute Gasteiger partial charge is 0.479 e.